The van der Waals surface area contributed by atoms with Crippen molar-refractivity contribution in [3.8, 4) is 23.3 Å². The number of nitriles is 1. The van der Waals surface area contributed by atoms with Crippen LogP contribution in [0.3, 0.4) is 0 Å². The maximum absolute atomic E-state index is 12.9. The summed E-state index contributed by atoms with van der Waals surface area (Å²) in [6.07, 6.45) is 0. The number of sulfone groups is 1. The lowest BCUT2D eigenvalue weighted by atomic mass is 10.2. The Labute approximate surface area is 217 Å². The van der Waals surface area contributed by atoms with Crippen LogP contribution in [-0.4, -0.2) is 45.2 Å². The van der Waals surface area contributed by atoms with Crippen molar-refractivity contribution >= 4 is 21.7 Å². The van der Waals surface area contributed by atoms with Crippen LogP contribution in [0.2, 0.25) is 0 Å². The van der Waals surface area contributed by atoms with Crippen molar-refractivity contribution in [1.82, 2.24) is 10.6 Å². The second-order valence-corrected chi connectivity index (χ2v) is 9.99. The Morgan fingerprint density at radius 3 is 2.34 bits per heavy atom. The molecule has 3 rings (SSSR count). The minimum Gasteiger partial charge on any atom is -0.457 e. The van der Waals surface area contributed by atoms with Crippen molar-refractivity contribution in [2.24, 2.45) is 0 Å². The van der Waals surface area contributed by atoms with Crippen molar-refractivity contribution in [3.05, 3.63) is 90.0 Å². The summed E-state index contributed by atoms with van der Waals surface area (Å²) >= 11 is 0. The highest BCUT2D eigenvalue weighted by molar-refractivity contribution is 7.90. The number of rotatable bonds is 12. The molecule has 198 valence electrons. The van der Waals surface area contributed by atoms with Crippen LogP contribution in [0.5, 0.6) is 17.2 Å². The monoisotopic (exact) mass is 543 g/mol. The molecule has 0 aliphatic carbocycles. The maximum Gasteiger partial charge on any atom is 0.387 e. The van der Waals surface area contributed by atoms with Crippen LogP contribution in [0.4, 0.5) is 8.78 Å². The van der Waals surface area contributed by atoms with E-state index < -0.39 is 52.4 Å². The highest BCUT2D eigenvalue weighted by Gasteiger charge is 2.29. The number of alkyl halides is 2. The Hall–Kier alpha value is -4.50. The lowest BCUT2D eigenvalue weighted by molar-refractivity contribution is -0.122. The molecule has 2 amide bonds. The number of ether oxygens (including phenoxy) is 2. The van der Waals surface area contributed by atoms with E-state index in [-0.39, 0.29) is 16.9 Å². The zero-order valence-corrected chi connectivity index (χ0v) is 20.7. The molecule has 0 saturated heterocycles. The number of para-hydroxylation sites is 2. The third-order valence-corrected chi connectivity index (χ3v) is 6.62. The van der Waals surface area contributed by atoms with E-state index in [9.17, 15) is 26.8 Å². The van der Waals surface area contributed by atoms with E-state index in [1.807, 2.05) is 6.07 Å². The molecule has 0 spiro atoms. The Morgan fingerprint density at radius 1 is 0.947 bits per heavy atom. The van der Waals surface area contributed by atoms with Crippen LogP contribution in [-0.2, 0) is 20.4 Å². The van der Waals surface area contributed by atoms with Gasteiger partial charge in [0.2, 0.25) is 5.91 Å². The summed E-state index contributed by atoms with van der Waals surface area (Å²) in [4.78, 5) is 25.6. The van der Waals surface area contributed by atoms with Gasteiger partial charge in [0.1, 0.15) is 29.8 Å². The smallest absolute Gasteiger partial charge is 0.387 e. The zero-order valence-electron chi connectivity index (χ0n) is 19.8. The summed E-state index contributed by atoms with van der Waals surface area (Å²) in [5.41, 5.74) is 0.0469. The molecule has 2 N–H and O–H groups in total. The standard InChI is InChI=1S/C26H23F2N3O6S/c27-26(28)37-23-12-5-4-7-19(23)16-38(34,35)17-22(25(33)30-14-13-29)31-24(32)18-8-6-11-21(15-18)36-20-9-2-1-3-10-20/h1-12,15,22,26H,14,16-17H2,(H,30,33)(H,31,32)/t22-/m0/s1. The number of benzene rings is 3. The minimum atomic E-state index is -4.15. The molecule has 3 aromatic rings. The molecule has 0 unspecified atom stereocenters. The molecule has 3 aromatic carbocycles. The third kappa shape index (κ3) is 8.56. The molecule has 1 atom stereocenters. The van der Waals surface area contributed by atoms with Gasteiger partial charge in [-0.1, -0.05) is 42.5 Å². The molecule has 0 heterocycles. The first kappa shape index (κ1) is 28.1. The molecule has 0 aliphatic heterocycles. The Kier molecular flexibility index (Phi) is 9.72. The summed E-state index contributed by atoms with van der Waals surface area (Å²) in [6, 6.07) is 20.3. The van der Waals surface area contributed by atoms with Crippen molar-refractivity contribution in [2.75, 3.05) is 12.3 Å². The fourth-order valence-electron chi connectivity index (χ4n) is 3.38. The molecule has 0 saturated carbocycles. The van der Waals surface area contributed by atoms with E-state index in [2.05, 4.69) is 15.4 Å². The Bertz CT molecular complexity index is 1410. The average Bonchev–Trinajstić information content (AvgIpc) is 2.88. The maximum atomic E-state index is 12.9. The van der Waals surface area contributed by atoms with Gasteiger partial charge in [-0.25, -0.2) is 8.42 Å². The first-order valence-corrected chi connectivity index (χ1v) is 13.0. The fraction of sp³-hybridized carbons (Fsp3) is 0.192. The van der Waals surface area contributed by atoms with Gasteiger partial charge in [0.05, 0.1) is 17.6 Å². The molecule has 0 bridgehead atoms. The molecule has 0 radical (unpaired) electrons. The predicted octanol–water partition coefficient (Wildman–Crippen LogP) is 3.43. The first-order chi connectivity index (χ1) is 18.2. The van der Waals surface area contributed by atoms with Gasteiger partial charge in [0, 0.05) is 11.1 Å². The molecule has 0 fully saturated rings. The fourth-order valence-corrected chi connectivity index (χ4v) is 4.96. The topological polar surface area (TPSA) is 135 Å². The number of amides is 2. The SMILES string of the molecule is N#CCNC(=O)[C@H](CS(=O)(=O)Cc1ccccc1OC(F)F)NC(=O)c1cccc(Oc2ccccc2)c1. The van der Waals surface area contributed by atoms with Gasteiger partial charge in [0.25, 0.3) is 5.91 Å². The molecular weight excluding hydrogens is 520 g/mol. The number of carbonyl (C=O) groups is 2. The van der Waals surface area contributed by atoms with Crippen LogP contribution in [0.25, 0.3) is 0 Å². The normalized spacial score (nSPS) is 11.7. The van der Waals surface area contributed by atoms with E-state index in [0.29, 0.717) is 11.5 Å². The summed E-state index contributed by atoms with van der Waals surface area (Å²) in [5, 5.41) is 13.4. The number of hydrogen-bond donors (Lipinski definition) is 2. The first-order valence-electron chi connectivity index (χ1n) is 11.2. The molecule has 9 nitrogen and oxygen atoms in total. The van der Waals surface area contributed by atoms with Crippen molar-refractivity contribution in [3.63, 3.8) is 0 Å². The summed E-state index contributed by atoms with van der Waals surface area (Å²) < 4.78 is 61.4. The number of nitrogens with zero attached hydrogens (tertiary/aromatic N) is 1. The lowest BCUT2D eigenvalue weighted by Crippen LogP contribution is -2.50. The van der Waals surface area contributed by atoms with E-state index >= 15 is 0 Å². The van der Waals surface area contributed by atoms with E-state index in [1.54, 1.807) is 42.5 Å². The Morgan fingerprint density at radius 2 is 1.63 bits per heavy atom. The van der Waals surface area contributed by atoms with E-state index in [4.69, 9.17) is 10.00 Å². The minimum absolute atomic E-state index is 0.0407. The van der Waals surface area contributed by atoms with Crippen molar-refractivity contribution in [1.29, 1.82) is 5.26 Å². The molecular formula is C26H23F2N3O6S. The number of carbonyl (C=O) groups excluding carboxylic acids is 2. The Balaban J connectivity index is 1.78. The van der Waals surface area contributed by atoms with E-state index in [0.717, 1.165) is 0 Å². The van der Waals surface area contributed by atoms with Gasteiger partial charge in [-0.2, -0.15) is 14.0 Å². The summed E-state index contributed by atoms with van der Waals surface area (Å²) in [6.45, 7) is -3.58. The van der Waals surface area contributed by atoms with Gasteiger partial charge in [-0.15, -0.1) is 0 Å². The van der Waals surface area contributed by atoms with Crippen molar-refractivity contribution in [2.45, 2.75) is 18.4 Å². The second-order valence-electron chi connectivity index (χ2n) is 7.89. The van der Waals surface area contributed by atoms with Crippen molar-refractivity contribution < 1.29 is 36.3 Å². The third-order valence-electron chi connectivity index (χ3n) is 5.02. The van der Waals surface area contributed by atoms with E-state index in [1.165, 1.54) is 36.4 Å². The van der Waals surface area contributed by atoms with Crippen LogP contribution >= 0.6 is 0 Å². The lowest BCUT2D eigenvalue weighted by Gasteiger charge is -2.19. The highest BCUT2D eigenvalue weighted by Crippen LogP contribution is 2.24. The molecule has 12 heteroatoms. The number of nitrogens with one attached hydrogen (secondary N) is 2. The van der Waals surface area contributed by atoms with Crippen LogP contribution in [0.15, 0.2) is 78.9 Å². The van der Waals surface area contributed by atoms with Gasteiger partial charge in [-0.3, -0.25) is 9.59 Å². The van der Waals surface area contributed by atoms with Gasteiger partial charge < -0.3 is 20.1 Å². The summed E-state index contributed by atoms with van der Waals surface area (Å²) in [5.74, 6) is -2.73. The summed E-state index contributed by atoms with van der Waals surface area (Å²) in [7, 11) is -4.15. The second kappa shape index (κ2) is 13.2. The quantitative estimate of drug-likeness (QED) is 0.334. The number of hydrogen-bond acceptors (Lipinski definition) is 7. The zero-order chi connectivity index (χ0) is 27.5. The van der Waals surface area contributed by atoms with Gasteiger partial charge in [-0.05, 0) is 36.4 Å². The molecule has 0 aromatic heterocycles. The number of halogens is 2. The van der Waals surface area contributed by atoms with Crippen LogP contribution in [0.1, 0.15) is 15.9 Å². The highest BCUT2D eigenvalue weighted by atomic mass is 32.2. The largest absolute Gasteiger partial charge is 0.457 e. The van der Waals surface area contributed by atoms with Crippen LogP contribution < -0.4 is 20.1 Å². The predicted molar refractivity (Wildman–Crippen MR) is 133 cm³/mol. The molecule has 0 aliphatic rings. The van der Waals surface area contributed by atoms with Gasteiger partial charge >= 0.3 is 6.61 Å². The van der Waals surface area contributed by atoms with Crippen LogP contribution in [0, 0.1) is 11.3 Å². The average molecular weight is 544 g/mol. The van der Waals surface area contributed by atoms with Gasteiger partial charge in [0.15, 0.2) is 9.84 Å². The molecule has 38 heavy (non-hydrogen) atoms.